The molecule has 1 aliphatic rings. The summed E-state index contributed by atoms with van der Waals surface area (Å²) in [6, 6.07) is 6.29. The van der Waals surface area contributed by atoms with Crippen LogP contribution in [-0.2, 0) is 15.6 Å². The lowest BCUT2D eigenvalue weighted by Crippen LogP contribution is -2.33. The number of pyridine rings is 1. The minimum absolute atomic E-state index is 0.161. The molecule has 0 amide bonds. The van der Waals surface area contributed by atoms with Crippen LogP contribution < -0.4 is 11.1 Å². The number of rotatable bonds is 8. The molecule has 0 unspecified atom stereocenters. The van der Waals surface area contributed by atoms with Gasteiger partial charge in [0.25, 0.3) is 5.92 Å². The Morgan fingerprint density at radius 3 is 2.53 bits per heavy atom. The number of aromatic nitrogens is 3. The predicted molar refractivity (Wildman–Crippen MR) is 134 cm³/mol. The molecule has 0 radical (unpaired) electrons. The molecule has 194 valence electrons. The molecule has 1 aliphatic carbocycles. The maximum absolute atomic E-state index is 14.8. The molecule has 1 saturated carbocycles. The van der Waals surface area contributed by atoms with Gasteiger partial charge in [-0.05, 0) is 50.3 Å². The summed E-state index contributed by atoms with van der Waals surface area (Å²) in [4.78, 5) is 13.6. The maximum Gasteiger partial charge on any atom is 0.261 e. The van der Waals surface area contributed by atoms with Gasteiger partial charge in [0.05, 0.1) is 23.2 Å². The first-order chi connectivity index (χ1) is 16.9. The Hall–Kier alpha value is -2.79. The van der Waals surface area contributed by atoms with Crippen molar-refractivity contribution >= 4 is 26.8 Å². The zero-order valence-corrected chi connectivity index (χ0v) is 21.1. The fourth-order valence-electron chi connectivity index (χ4n) is 4.38. The molecule has 1 fully saturated rings. The fraction of sp³-hybridized carbons (Fsp3) is 0.480. The number of benzene rings is 1. The SMILES string of the molecule is CCC(F)(F)CS(=O)(=O)Cc1ccc(-c2cc(C)c3nc(NC4CCC(N)CC4)ncc3n2)cc1F. The largest absolute Gasteiger partial charge is 0.351 e. The Morgan fingerprint density at radius 1 is 1.14 bits per heavy atom. The number of fused-ring (bicyclic) bond motifs is 1. The lowest BCUT2D eigenvalue weighted by Gasteiger charge is -2.26. The number of nitrogens with zero attached hydrogens (tertiary/aromatic N) is 3. The molecule has 7 nitrogen and oxygen atoms in total. The van der Waals surface area contributed by atoms with E-state index in [1.165, 1.54) is 25.1 Å². The monoisotopic (exact) mass is 521 g/mol. The van der Waals surface area contributed by atoms with Crippen molar-refractivity contribution < 1.29 is 21.6 Å². The lowest BCUT2D eigenvalue weighted by molar-refractivity contribution is 0.0217. The van der Waals surface area contributed by atoms with Crippen LogP contribution in [-0.4, -0.2) is 47.1 Å². The molecule has 2 aromatic heterocycles. The highest BCUT2D eigenvalue weighted by molar-refractivity contribution is 7.90. The van der Waals surface area contributed by atoms with Crippen molar-refractivity contribution in [3.63, 3.8) is 0 Å². The zero-order chi connectivity index (χ0) is 26.1. The maximum atomic E-state index is 14.8. The molecule has 0 bridgehead atoms. The quantitative estimate of drug-likeness (QED) is 0.439. The first kappa shape index (κ1) is 26.3. The lowest BCUT2D eigenvalue weighted by atomic mass is 9.92. The summed E-state index contributed by atoms with van der Waals surface area (Å²) in [5, 5.41) is 3.37. The Labute approximate surface area is 208 Å². The van der Waals surface area contributed by atoms with Crippen LogP contribution in [0.5, 0.6) is 0 Å². The summed E-state index contributed by atoms with van der Waals surface area (Å²) in [6.45, 7) is 3.08. The van der Waals surface area contributed by atoms with Crippen LogP contribution in [0, 0.1) is 12.7 Å². The first-order valence-corrected chi connectivity index (χ1v) is 13.8. The van der Waals surface area contributed by atoms with Gasteiger partial charge in [-0.2, -0.15) is 0 Å². The highest BCUT2D eigenvalue weighted by Crippen LogP contribution is 2.28. The van der Waals surface area contributed by atoms with Crippen LogP contribution in [0.3, 0.4) is 0 Å². The fourth-order valence-corrected chi connectivity index (χ4v) is 6.04. The molecule has 2 heterocycles. The number of hydrogen-bond donors (Lipinski definition) is 2. The van der Waals surface area contributed by atoms with E-state index in [2.05, 4.69) is 20.3 Å². The average Bonchev–Trinajstić information content (AvgIpc) is 2.81. The van der Waals surface area contributed by atoms with E-state index in [1.807, 2.05) is 6.92 Å². The summed E-state index contributed by atoms with van der Waals surface area (Å²) < 4.78 is 66.2. The number of aryl methyl sites for hydroxylation is 1. The van der Waals surface area contributed by atoms with Gasteiger partial charge in [-0.1, -0.05) is 19.1 Å². The minimum atomic E-state index is -4.19. The van der Waals surface area contributed by atoms with Gasteiger partial charge in [-0.3, -0.25) is 0 Å². The predicted octanol–water partition coefficient (Wildman–Crippen LogP) is 4.78. The molecule has 11 heteroatoms. The smallest absolute Gasteiger partial charge is 0.261 e. The summed E-state index contributed by atoms with van der Waals surface area (Å²) in [5.74, 6) is -5.73. The summed E-state index contributed by atoms with van der Waals surface area (Å²) >= 11 is 0. The average molecular weight is 522 g/mol. The zero-order valence-electron chi connectivity index (χ0n) is 20.3. The van der Waals surface area contributed by atoms with Gasteiger partial charge in [0.15, 0.2) is 9.84 Å². The van der Waals surface area contributed by atoms with E-state index in [0.29, 0.717) is 28.2 Å². The van der Waals surface area contributed by atoms with Crippen molar-refractivity contribution in [2.75, 3.05) is 11.1 Å². The second kappa shape index (κ2) is 10.3. The number of anilines is 1. The number of nitrogens with two attached hydrogens (primary N) is 1. The molecule has 1 aromatic carbocycles. The molecule has 0 spiro atoms. The molecule has 36 heavy (non-hydrogen) atoms. The van der Waals surface area contributed by atoms with E-state index in [-0.39, 0.29) is 17.6 Å². The topological polar surface area (TPSA) is 111 Å². The Morgan fingerprint density at radius 2 is 1.86 bits per heavy atom. The van der Waals surface area contributed by atoms with E-state index in [0.717, 1.165) is 31.2 Å². The van der Waals surface area contributed by atoms with Crippen LogP contribution in [0.25, 0.3) is 22.3 Å². The number of nitrogens with one attached hydrogen (secondary N) is 1. The molecule has 0 saturated heterocycles. The Balaban J connectivity index is 1.54. The van der Waals surface area contributed by atoms with Crippen LogP contribution >= 0.6 is 0 Å². The van der Waals surface area contributed by atoms with Crippen molar-refractivity contribution in [1.82, 2.24) is 15.0 Å². The van der Waals surface area contributed by atoms with Gasteiger partial charge in [0.2, 0.25) is 5.95 Å². The second-order valence-electron chi connectivity index (χ2n) is 9.56. The van der Waals surface area contributed by atoms with Crippen LogP contribution in [0.15, 0.2) is 30.5 Å². The molecular formula is C25H30F3N5O2S. The highest BCUT2D eigenvalue weighted by Gasteiger charge is 2.34. The molecule has 3 N–H and O–H groups in total. The van der Waals surface area contributed by atoms with Crippen molar-refractivity contribution in [3.8, 4) is 11.3 Å². The van der Waals surface area contributed by atoms with Gasteiger partial charge in [-0.25, -0.2) is 36.5 Å². The van der Waals surface area contributed by atoms with E-state index in [9.17, 15) is 21.6 Å². The third-order valence-corrected chi connectivity index (χ3v) is 8.13. The number of alkyl halides is 2. The molecular weight excluding hydrogens is 491 g/mol. The molecule has 0 aliphatic heterocycles. The van der Waals surface area contributed by atoms with Crippen LogP contribution in [0.4, 0.5) is 19.1 Å². The van der Waals surface area contributed by atoms with Gasteiger partial charge < -0.3 is 11.1 Å². The summed E-state index contributed by atoms with van der Waals surface area (Å²) in [5.41, 5.74) is 8.74. The van der Waals surface area contributed by atoms with Crippen LogP contribution in [0.2, 0.25) is 0 Å². The van der Waals surface area contributed by atoms with Gasteiger partial charge >= 0.3 is 0 Å². The van der Waals surface area contributed by atoms with E-state index >= 15 is 0 Å². The number of hydrogen-bond acceptors (Lipinski definition) is 7. The highest BCUT2D eigenvalue weighted by atomic mass is 32.2. The van der Waals surface area contributed by atoms with E-state index in [4.69, 9.17) is 5.73 Å². The van der Waals surface area contributed by atoms with E-state index < -0.39 is 39.5 Å². The number of sulfone groups is 1. The second-order valence-corrected chi connectivity index (χ2v) is 11.6. The van der Waals surface area contributed by atoms with Crippen molar-refractivity contribution in [2.45, 2.75) is 69.7 Å². The standard InChI is InChI=1S/C25H30F3N5O2S/c1-3-25(27,28)14-36(34,35)13-17-5-4-16(11-20(17)26)21-10-15(2)23-22(32-21)12-30-24(33-23)31-19-8-6-18(29)7-9-19/h4-5,10-12,18-19H,3,6-9,13-14,29H2,1-2H3,(H,30,31,33). The molecule has 4 rings (SSSR count). The van der Waals surface area contributed by atoms with Crippen LogP contribution in [0.1, 0.15) is 50.2 Å². The normalized spacial score (nSPS) is 18.9. The number of halogens is 3. The van der Waals surface area contributed by atoms with Gasteiger partial charge in [-0.15, -0.1) is 0 Å². The van der Waals surface area contributed by atoms with Crippen molar-refractivity contribution in [3.05, 3.63) is 47.4 Å². The minimum Gasteiger partial charge on any atom is -0.351 e. The third kappa shape index (κ3) is 6.31. The Kier molecular flexibility index (Phi) is 7.51. The third-order valence-electron chi connectivity index (χ3n) is 6.51. The van der Waals surface area contributed by atoms with Crippen molar-refractivity contribution in [1.29, 1.82) is 0 Å². The van der Waals surface area contributed by atoms with E-state index in [1.54, 1.807) is 12.3 Å². The van der Waals surface area contributed by atoms with Gasteiger partial charge in [0.1, 0.15) is 17.1 Å². The first-order valence-electron chi connectivity index (χ1n) is 12.0. The summed E-state index contributed by atoms with van der Waals surface area (Å²) in [7, 11) is -4.19. The molecule has 0 atom stereocenters. The summed E-state index contributed by atoms with van der Waals surface area (Å²) in [6.07, 6.45) is 4.85. The molecule has 3 aromatic rings. The van der Waals surface area contributed by atoms with Gasteiger partial charge in [0, 0.05) is 29.6 Å². The Bertz CT molecular complexity index is 1360. The van der Waals surface area contributed by atoms with Crippen molar-refractivity contribution in [2.24, 2.45) is 5.73 Å².